The fourth-order valence-corrected chi connectivity index (χ4v) is 3.11. The van der Waals surface area contributed by atoms with E-state index in [0.29, 0.717) is 24.6 Å². The Morgan fingerprint density at radius 3 is 2.46 bits per heavy atom. The maximum absolute atomic E-state index is 12.4. The van der Waals surface area contributed by atoms with E-state index in [4.69, 9.17) is 20.9 Å². The average molecular weight is 386 g/mol. The summed E-state index contributed by atoms with van der Waals surface area (Å²) in [5.41, 5.74) is 0.391. The van der Waals surface area contributed by atoms with E-state index in [-0.39, 0.29) is 17.5 Å². The summed E-state index contributed by atoms with van der Waals surface area (Å²) >= 11 is 5.94. The highest BCUT2D eigenvalue weighted by atomic mass is 35.5. The van der Waals surface area contributed by atoms with E-state index in [0.717, 1.165) is 18.4 Å². The van der Waals surface area contributed by atoms with E-state index in [2.05, 4.69) is 15.8 Å². The summed E-state index contributed by atoms with van der Waals surface area (Å²) in [5, 5.41) is 9.86. The van der Waals surface area contributed by atoms with Crippen molar-refractivity contribution in [1.82, 2.24) is 15.8 Å². The third-order valence-electron chi connectivity index (χ3n) is 4.44. The van der Waals surface area contributed by atoms with Crippen LogP contribution in [-0.4, -0.2) is 34.8 Å². The van der Waals surface area contributed by atoms with Crippen molar-refractivity contribution in [3.63, 3.8) is 0 Å². The lowest BCUT2D eigenvalue weighted by Gasteiger charge is -2.32. The van der Waals surface area contributed by atoms with Gasteiger partial charge in [0.15, 0.2) is 0 Å². The van der Waals surface area contributed by atoms with Crippen LogP contribution >= 0.6 is 11.6 Å². The van der Waals surface area contributed by atoms with E-state index in [1.54, 1.807) is 6.92 Å². The molecular formula is C18H28ClN3O4. The molecule has 0 bridgehead atoms. The van der Waals surface area contributed by atoms with Crippen molar-refractivity contribution in [3.8, 4) is 0 Å². The molecular weight excluding hydrogens is 358 g/mol. The van der Waals surface area contributed by atoms with Crippen LogP contribution in [0.15, 0.2) is 4.52 Å². The second-order valence-corrected chi connectivity index (χ2v) is 8.46. The van der Waals surface area contributed by atoms with Crippen molar-refractivity contribution in [2.75, 3.05) is 6.54 Å². The van der Waals surface area contributed by atoms with Crippen LogP contribution in [0.3, 0.4) is 0 Å². The highest BCUT2D eigenvalue weighted by Crippen LogP contribution is 2.39. The number of amides is 2. The topological polar surface area (TPSA) is 93.5 Å². The molecule has 1 aliphatic carbocycles. The van der Waals surface area contributed by atoms with Crippen LogP contribution in [0, 0.1) is 12.8 Å². The molecule has 0 aromatic carbocycles. The van der Waals surface area contributed by atoms with Crippen molar-refractivity contribution in [2.45, 2.75) is 71.4 Å². The van der Waals surface area contributed by atoms with Crippen molar-refractivity contribution in [3.05, 3.63) is 16.5 Å². The molecule has 1 saturated carbocycles. The predicted octanol–water partition coefficient (Wildman–Crippen LogP) is 3.38. The van der Waals surface area contributed by atoms with Crippen LogP contribution in [0.2, 0.25) is 5.22 Å². The van der Waals surface area contributed by atoms with Gasteiger partial charge >= 0.3 is 6.09 Å². The number of aromatic nitrogens is 1. The molecule has 2 rings (SSSR count). The van der Waals surface area contributed by atoms with Gasteiger partial charge in [-0.2, -0.15) is 0 Å². The number of hydrogen-bond acceptors (Lipinski definition) is 5. The first-order chi connectivity index (χ1) is 12.0. The van der Waals surface area contributed by atoms with E-state index in [1.807, 2.05) is 27.7 Å². The summed E-state index contributed by atoms with van der Waals surface area (Å²) in [4.78, 5) is 24.3. The largest absolute Gasteiger partial charge is 0.444 e. The Morgan fingerprint density at radius 2 is 1.96 bits per heavy atom. The Bertz CT molecular complexity index is 644. The Morgan fingerprint density at radius 1 is 1.31 bits per heavy atom. The number of halogens is 1. The van der Waals surface area contributed by atoms with Crippen molar-refractivity contribution < 1.29 is 18.8 Å². The first-order valence-corrected chi connectivity index (χ1v) is 9.26. The summed E-state index contributed by atoms with van der Waals surface area (Å²) in [7, 11) is 0. The van der Waals surface area contributed by atoms with Crippen molar-refractivity contribution in [2.24, 2.45) is 5.92 Å². The first-order valence-electron chi connectivity index (χ1n) is 8.89. The van der Waals surface area contributed by atoms with Gasteiger partial charge in [-0.3, -0.25) is 4.79 Å². The molecule has 0 radical (unpaired) electrons. The molecule has 146 valence electrons. The third-order valence-corrected chi connectivity index (χ3v) is 4.74. The highest BCUT2D eigenvalue weighted by molar-refractivity contribution is 6.29. The molecule has 1 fully saturated rings. The lowest BCUT2D eigenvalue weighted by molar-refractivity contribution is -0.123. The maximum atomic E-state index is 12.4. The fraction of sp³-hybridized carbons (Fsp3) is 0.722. The smallest absolute Gasteiger partial charge is 0.407 e. The van der Waals surface area contributed by atoms with Crippen LogP contribution < -0.4 is 10.6 Å². The molecule has 2 N–H and O–H groups in total. The molecule has 8 heteroatoms. The molecule has 1 aromatic rings. The standard InChI is InChI=1S/C18H28ClN3O4/c1-11-13(15(19)26-22-11)8-9-14(23)21-18(5,12-6-7-12)10-20-16(24)25-17(2,3)4/h12H,6-10H2,1-5H3,(H,20,24)(H,21,23). The van der Waals surface area contributed by atoms with Gasteiger partial charge in [-0.05, 0) is 71.4 Å². The summed E-state index contributed by atoms with van der Waals surface area (Å²) in [6, 6.07) is 0. The summed E-state index contributed by atoms with van der Waals surface area (Å²) in [6.45, 7) is 9.51. The normalized spacial score (nSPS) is 16.7. The lowest BCUT2D eigenvalue weighted by Crippen LogP contribution is -2.55. The van der Waals surface area contributed by atoms with Crippen LogP contribution in [0.5, 0.6) is 0 Å². The van der Waals surface area contributed by atoms with Crippen molar-refractivity contribution in [1.29, 1.82) is 0 Å². The fourth-order valence-electron chi connectivity index (χ4n) is 2.84. The zero-order valence-electron chi connectivity index (χ0n) is 16.1. The molecule has 0 aliphatic heterocycles. The number of ether oxygens (including phenoxy) is 1. The maximum Gasteiger partial charge on any atom is 0.407 e. The number of rotatable bonds is 7. The molecule has 1 unspecified atom stereocenters. The zero-order valence-corrected chi connectivity index (χ0v) is 16.8. The molecule has 1 heterocycles. The molecule has 26 heavy (non-hydrogen) atoms. The first kappa shape index (κ1) is 20.6. The van der Waals surface area contributed by atoms with Gasteiger partial charge < -0.3 is 19.9 Å². The average Bonchev–Trinajstić information content (AvgIpc) is 3.30. The van der Waals surface area contributed by atoms with Gasteiger partial charge in [0.05, 0.1) is 11.2 Å². The monoisotopic (exact) mass is 385 g/mol. The Labute approximate surface area is 159 Å². The SMILES string of the molecule is Cc1noc(Cl)c1CCC(=O)NC(C)(CNC(=O)OC(C)(C)C)C1CC1. The second-order valence-electron chi connectivity index (χ2n) is 8.12. The number of alkyl carbamates (subject to hydrolysis) is 1. The number of aryl methyl sites for hydroxylation is 1. The summed E-state index contributed by atoms with van der Waals surface area (Å²) in [6.07, 6.45) is 2.31. The molecule has 1 aromatic heterocycles. The van der Waals surface area contributed by atoms with Crippen LogP contribution in [0.25, 0.3) is 0 Å². The van der Waals surface area contributed by atoms with Crippen LogP contribution in [-0.2, 0) is 16.0 Å². The van der Waals surface area contributed by atoms with Crippen LogP contribution in [0.1, 0.15) is 58.2 Å². The van der Waals surface area contributed by atoms with Gasteiger partial charge in [-0.15, -0.1) is 0 Å². The van der Waals surface area contributed by atoms with Crippen LogP contribution in [0.4, 0.5) is 4.79 Å². The molecule has 1 aliphatic rings. The molecule has 1 atom stereocenters. The minimum absolute atomic E-state index is 0.0953. The van der Waals surface area contributed by atoms with Gasteiger partial charge in [-0.1, -0.05) is 5.16 Å². The minimum Gasteiger partial charge on any atom is -0.444 e. The molecule has 0 spiro atoms. The Kier molecular flexibility index (Phi) is 6.21. The van der Waals surface area contributed by atoms with E-state index < -0.39 is 17.2 Å². The predicted molar refractivity (Wildman–Crippen MR) is 98.1 cm³/mol. The number of nitrogens with zero attached hydrogens (tertiary/aromatic N) is 1. The van der Waals surface area contributed by atoms with Gasteiger partial charge in [0.25, 0.3) is 0 Å². The quantitative estimate of drug-likeness (QED) is 0.750. The molecule has 2 amide bonds. The number of carbonyl (C=O) groups excluding carboxylic acids is 2. The lowest BCUT2D eigenvalue weighted by atomic mass is 9.95. The third kappa shape index (κ3) is 5.90. The van der Waals surface area contributed by atoms with E-state index in [9.17, 15) is 9.59 Å². The van der Waals surface area contributed by atoms with Crippen molar-refractivity contribution >= 4 is 23.6 Å². The van der Waals surface area contributed by atoms with Gasteiger partial charge in [0, 0.05) is 18.5 Å². The Hall–Kier alpha value is -1.76. The number of hydrogen-bond donors (Lipinski definition) is 2. The summed E-state index contributed by atoms with van der Waals surface area (Å²) in [5.74, 6) is 0.254. The molecule has 7 nitrogen and oxygen atoms in total. The Balaban J connectivity index is 1.88. The van der Waals surface area contributed by atoms with E-state index in [1.165, 1.54) is 0 Å². The number of carbonyl (C=O) groups is 2. The minimum atomic E-state index is -0.556. The van der Waals surface area contributed by atoms with Gasteiger partial charge in [-0.25, -0.2) is 4.79 Å². The highest BCUT2D eigenvalue weighted by Gasteiger charge is 2.43. The second kappa shape index (κ2) is 7.86. The van der Waals surface area contributed by atoms with Gasteiger partial charge in [0.1, 0.15) is 5.60 Å². The molecule has 0 saturated heterocycles. The summed E-state index contributed by atoms with van der Waals surface area (Å²) < 4.78 is 10.2. The van der Waals surface area contributed by atoms with E-state index >= 15 is 0 Å². The number of nitrogens with one attached hydrogen (secondary N) is 2. The zero-order chi connectivity index (χ0) is 19.5. The van der Waals surface area contributed by atoms with Gasteiger partial charge in [0.2, 0.25) is 11.1 Å².